The molecule has 0 unspecified atom stereocenters. The minimum absolute atomic E-state index is 0.154. The Hall–Kier alpha value is -1.56. The molecule has 0 saturated heterocycles. The summed E-state index contributed by atoms with van der Waals surface area (Å²) in [4.78, 5) is 8.46. The first-order chi connectivity index (χ1) is 9.27. The Labute approximate surface area is 124 Å². The van der Waals surface area contributed by atoms with Gasteiger partial charge in [0.15, 0.2) is 11.6 Å². The second-order valence-corrected chi connectivity index (χ2v) is 6.07. The largest absolute Gasteiger partial charge is 0.436 e. The van der Waals surface area contributed by atoms with Crippen molar-refractivity contribution in [2.75, 3.05) is 0 Å². The molecule has 0 radical (unpaired) electrons. The van der Waals surface area contributed by atoms with Crippen molar-refractivity contribution in [3.05, 3.63) is 46.3 Å². The lowest BCUT2D eigenvalue weighted by atomic mass is 9.96. The Bertz CT molecular complexity index is 642. The van der Waals surface area contributed by atoms with Crippen molar-refractivity contribution in [3.8, 4) is 11.6 Å². The third kappa shape index (κ3) is 3.30. The molecule has 106 valence electrons. The molecule has 20 heavy (non-hydrogen) atoms. The van der Waals surface area contributed by atoms with Gasteiger partial charge in [0.25, 0.3) is 0 Å². The van der Waals surface area contributed by atoms with Crippen molar-refractivity contribution in [1.29, 1.82) is 0 Å². The Morgan fingerprint density at radius 2 is 1.85 bits per heavy atom. The Kier molecular flexibility index (Phi) is 4.04. The lowest BCUT2D eigenvalue weighted by Gasteiger charge is -2.17. The highest BCUT2D eigenvalue weighted by Crippen LogP contribution is 2.28. The minimum atomic E-state index is -1.04. The molecule has 1 aromatic heterocycles. The van der Waals surface area contributed by atoms with E-state index in [1.54, 1.807) is 0 Å². The van der Waals surface area contributed by atoms with Gasteiger partial charge in [-0.15, -0.1) is 0 Å². The summed E-state index contributed by atoms with van der Waals surface area (Å²) < 4.78 is 32.5. The van der Waals surface area contributed by atoms with Crippen molar-refractivity contribution < 1.29 is 13.5 Å². The predicted molar refractivity (Wildman–Crippen MR) is 74.9 cm³/mol. The summed E-state index contributed by atoms with van der Waals surface area (Å²) in [5, 5.41) is 0. The van der Waals surface area contributed by atoms with E-state index in [-0.39, 0.29) is 17.0 Å². The number of aromatic nitrogens is 2. The Morgan fingerprint density at radius 3 is 2.50 bits per heavy atom. The second-order valence-electron chi connectivity index (χ2n) is 5.26. The van der Waals surface area contributed by atoms with E-state index in [2.05, 4.69) is 25.9 Å². The van der Waals surface area contributed by atoms with Gasteiger partial charge >= 0.3 is 0 Å². The van der Waals surface area contributed by atoms with E-state index in [1.807, 2.05) is 20.8 Å². The first kappa shape index (κ1) is 14.8. The molecule has 0 saturated carbocycles. The van der Waals surface area contributed by atoms with Crippen LogP contribution in [0, 0.1) is 11.6 Å². The molecule has 0 bridgehead atoms. The summed E-state index contributed by atoms with van der Waals surface area (Å²) in [6.07, 6.45) is 0. The summed E-state index contributed by atoms with van der Waals surface area (Å²) in [6.45, 7) is 5.84. The highest BCUT2D eigenvalue weighted by atomic mass is 79.9. The second kappa shape index (κ2) is 5.44. The summed E-state index contributed by atoms with van der Waals surface area (Å²) in [7, 11) is 0. The minimum Gasteiger partial charge on any atom is -0.436 e. The molecule has 0 aliphatic carbocycles. The molecular weight excluding hydrogens is 330 g/mol. The van der Waals surface area contributed by atoms with Gasteiger partial charge in [-0.05, 0) is 28.1 Å². The Morgan fingerprint density at radius 1 is 1.15 bits per heavy atom. The van der Waals surface area contributed by atoms with Crippen LogP contribution in [0.3, 0.4) is 0 Å². The maximum Gasteiger partial charge on any atom is 0.223 e. The SMILES string of the molecule is CC(C)(C)c1nc(Br)cc(Oc2cccc(F)c2F)n1. The van der Waals surface area contributed by atoms with Gasteiger partial charge in [0.05, 0.1) is 0 Å². The van der Waals surface area contributed by atoms with Crippen LogP contribution in [0.15, 0.2) is 28.9 Å². The van der Waals surface area contributed by atoms with Crippen LogP contribution >= 0.6 is 15.9 Å². The molecule has 1 heterocycles. The smallest absolute Gasteiger partial charge is 0.223 e. The standard InChI is InChI=1S/C14H13BrF2N2O/c1-14(2,3)13-18-10(15)7-11(19-13)20-9-6-4-5-8(16)12(9)17/h4-7H,1-3H3. The zero-order chi connectivity index (χ0) is 14.9. The fourth-order valence-electron chi connectivity index (χ4n) is 1.46. The van der Waals surface area contributed by atoms with Crippen LogP contribution in [0.2, 0.25) is 0 Å². The third-order valence-corrected chi connectivity index (χ3v) is 2.88. The maximum absolute atomic E-state index is 13.6. The quantitative estimate of drug-likeness (QED) is 0.747. The van der Waals surface area contributed by atoms with Crippen molar-refractivity contribution in [2.45, 2.75) is 26.2 Å². The van der Waals surface area contributed by atoms with Crippen molar-refractivity contribution >= 4 is 15.9 Å². The van der Waals surface area contributed by atoms with Crippen molar-refractivity contribution in [2.24, 2.45) is 0 Å². The summed E-state index contributed by atoms with van der Waals surface area (Å²) in [5.41, 5.74) is -0.289. The summed E-state index contributed by atoms with van der Waals surface area (Å²) in [6, 6.07) is 5.23. The van der Waals surface area contributed by atoms with E-state index in [1.165, 1.54) is 18.2 Å². The molecule has 0 fully saturated rings. The van der Waals surface area contributed by atoms with Crippen LogP contribution in [0.1, 0.15) is 26.6 Å². The molecule has 0 spiro atoms. The van der Waals surface area contributed by atoms with E-state index < -0.39 is 11.6 Å². The molecule has 0 atom stereocenters. The van der Waals surface area contributed by atoms with Crippen molar-refractivity contribution in [1.82, 2.24) is 9.97 Å². The molecule has 3 nitrogen and oxygen atoms in total. The van der Waals surface area contributed by atoms with Crippen molar-refractivity contribution in [3.63, 3.8) is 0 Å². The van der Waals surface area contributed by atoms with Crippen LogP contribution < -0.4 is 4.74 Å². The summed E-state index contributed by atoms with van der Waals surface area (Å²) in [5.74, 6) is -1.53. The van der Waals surface area contributed by atoms with Gasteiger partial charge in [-0.3, -0.25) is 0 Å². The molecule has 1 aromatic carbocycles. The van der Waals surface area contributed by atoms with Gasteiger partial charge in [-0.1, -0.05) is 26.8 Å². The highest BCUT2D eigenvalue weighted by molar-refractivity contribution is 9.10. The molecule has 2 aromatic rings. The van der Waals surface area contributed by atoms with Gasteiger partial charge in [0.1, 0.15) is 10.4 Å². The maximum atomic E-state index is 13.6. The normalized spacial score (nSPS) is 11.5. The van der Waals surface area contributed by atoms with E-state index in [4.69, 9.17) is 4.74 Å². The zero-order valence-corrected chi connectivity index (χ0v) is 12.8. The average molecular weight is 343 g/mol. The molecule has 0 amide bonds. The van der Waals surface area contributed by atoms with E-state index in [9.17, 15) is 8.78 Å². The molecule has 0 N–H and O–H groups in total. The lowest BCUT2D eigenvalue weighted by Crippen LogP contribution is -2.16. The van der Waals surface area contributed by atoms with Gasteiger partial charge in [-0.2, -0.15) is 9.37 Å². The van der Waals surface area contributed by atoms with Crippen LogP contribution in [0.5, 0.6) is 11.6 Å². The number of ether oxygens (including phenoxy) is 1. The number of halogens is 3. The molecule has 2 rings (SSSR count). The van der Waals surface area contributed by atoms with E-state index in [0.29, 0.717) is 10.4 Å². The lowest BCUT2D eigenvalue weighted by molar-refractivity contribution is 0.398. The molecule has 0 aliphatic heterocycles. The topological polar surface area (TPSA) is 35.0 Å². The molecule has 6 heteroatoms. The molecular formula is C14H13BrF2N2O. The predicted octanol–water partition coefficient (Wildman–Crippen LogP) is 4.61. The Balaban J connectivity index is 2.39. The fraction of sp³-hybridized carbons (Fsp3) is 0.286. The first-order valence-corrected chi connectivity index (χ1v) is 6.73. The fourth-order valence-corrected chi connectivity index (χ4v) is 1.82. The van der Waals surface area contributed by atoms with Crippen LogP contribution in [-0.4, -0.2) is 9.97 Å². The van der Waals surface area contributed by atoms with Crippen LogP contribution in [0.25, 0.3) is 0 Å². The third-order valence-electron chi connectivity index (χ3n) is 2.47. The summed E-state index contributed by atoms with van der Waals surface area (Å²) >= 11 is 3.25. The average Bonchev–Trinajstić information content (AvgIpc) is 2.33. The van der Waals surface area contributed by atoms with Gasteiger partial charge in [-0.25, -0.2) is 9.37 Å². The number of rotatable bonds is 2. The van der Waals surface area contributed by atoms with E-state index >= 15 is 0 Å². The van der Waals surface area contributed by atoms with Gasteiger partial charge in [0.2, 0.25) is 11.7 Å². The number of benzene rings is 1. The molecule has 0 aliphatic rings. The monoisotopic (exact) mass is 342 g/mol. The number of nitrogens with zero attached hydrogens (tertiary/aromatic N) is 2. The number of hydrogen-bond acceptors (Lipinski definition) is 3. The number of hydrogen-bond donors (Lipinski definition) is 0. The van der Waals surface area contributed by atoms with Crippen LogP contribution in [-0.2, 0) is 5.41 Å². The first-order valence-electron chi connectivity index (χ1n) is 5.94. The highest BCUT2D eigenvalue weighted by Gasteiger charge is 2.20. The van der Waals surface area contributed by atoms with Gasteiger partial charge < -0.3 is 4.74 Å². The zero-order valence-electron chi connectivity index (χ0n) is 11.2. The van der Waals surface area contributed by atoms with E-state index in [0.717, 1.165) is 6.07 Å². The van der Waals surface area contributed by atoms with Gasteiger partial charge in [0, 0.05) is 11.5 Å². The van der Waals surface area contributed by atoms with Crippen LogP contribution in [0.4, 0.5) is 8.78 Å².